The van der Waals surface area contributed by atoms with Crippen LogP contribution < -0.4 is 0 Å². The van der Waals surface area contributed by atoms with Crippen LogP contribution in [0.15, 0.2) is 24.4 Å². The molecule has 0 aliphatic rings. The van der Waals surface area contributed by atoms with Crippen molar-refractivity contribution in [2.75, 3.05) is 0 Å². The van der Waals surface area contributed by atoms with E-state index in [2.05, 4.69) is 10.2 Å². The third-order valence-corrected chi connectivity index (χ3v) is 1.80. The van der Waals surface area contributed by atoms with Gasteiger partial charge in [0, 0.05) is 5.39 Å². The molecule has 1 heterocycles. The van der Waals surface area contributed by atoms with E-state index in [1.165, 1.54) is 12.1 Å². The van der Waals surface area contributed by atoms with Crippen molar-refractivity contribution in [1.82, 2.24) is 10.2 Å². The molecule has 0 unspecified atom stereocenters. The van der Waals surface area contributed by atoms with Crippen molar-refractivity contribution in [1.29, 1.82) is 0 Å². The molecule has 0 aliphatic carbocycles. The largest absolute Gasteiger partial charge is 0.207 e. The number of benzene rings is 1. The van der Waals surface area contributed by atoms with E-state index in [1.54, 1.807) is 12.3 Å². The van der Waals surface area contributed by atoms with Crippen LogP contribution in [0.25, 0.3) is 10.9 Å². The lowest BCUT2D eigenvalue weighted by Gasteiger charge is -1.98. The molecule has 1 aromatic carbocycles. The summed E-state index contributed by atoms with van der Waals surface area (Å²) < 4.78 is 12.8. The molecule has 0 fully saturated rings. The fraction of sp³-hybridized carbons (Fsp3) is 0.111. The Morgan fingerprint density at radius 3 is 3.00 bits per heavy atom. The number of aromatic nitrogens is 2. The maximum Gasteiger partial charge on any atom is 0.123 e. The molecule has 3 heteroatoms. The second kappa shape index (κ2) is 2.52. The second-order valence-corrected chi connectivity index (χ2v) is 2.69. The molecule has 1 aromatic heterocycles. The van der Waals surface area contributed by atoms with Crippen LogP contribution in [0.1, 0.15) is 5.56 Å². The molecule has 0 aliphatic heterocycles. The van der Waals surface area contributed by atoms with Crippen molar-refractivity contribution in [3.05, 3.63) is 35.8 Å². The Kier molecular flexibility index (Phi) is 1.50. The SMILES string of the molecule is Cc1cnnc2ccc(F)cc12. The molecule has 2 nitrogen and oxygen atoms in total. The first-order chi connectivity index (χ1) is 5.77. The van der Waals surface area contributed by atoms with Gasteiger partial charge in [0.1, 0.15) is 5.82 Å². The van der Waals surface area contributed by atoms with Crippen molar-refractivity contribution < 1.29 is 4.39 Å². The average molecular weight is 162 g/mol. The Bertz CT molecular complexity index is 426. The summed E-state index contributed by atoms with van der Waals surface area (Å²) >= 11 is 0. The summed E-state index contributed by atoms with van der Waals surface area (Å²) in [6.45, 7) is 1.89. The van der Waals surface area contributed by atoms with Gasteiger partial charge in [-0.2, -0.15) is 10.2 Å². The van der Waals surface area contributed by atoms with Gasteiger partial charge in [-0.1, -0.05) is 0 Å². The van der Waals surface area contributed by atoms with E-state index in [4.69, 9.17) is 0 Å². The highest BCUT2D eigenvalue weighted by molar-refractivity contribution is 5.80. The van der Waals surface area contributed by atoms with Crippen LogP contribution in [0.2, 0.25) is 0 Å². The predicted molar refractivity (Wildman–Crippen MR) is 44.2 cm³/mol. The molecule has 0 spiro atoms. The summed E-state index contributed by atoms with van der Waals surface area (Å²) in [5.74, 6) is -0.237. The van der Waals surface area contributed by atoms with Gasteiger partial charge in [0.25, 0.3) is 0 Å². The highest BCUT2D eigenvalue weighted by Crippen LogP contribution is 2.15. The number of nitrogens with zero attached hydrogens (tertiary/aromatic N) is 2. The van der Waals surface area contributed by atoms with Crippen LogP contribution in [-0.4, -0.2) is 10.2 Å². The second-order valence-electron chi connectivity index (χ2n) is 2.69. The van der Waals surface area contributed by atoms with Crippen molar-refractivity contribution in [2.24, 2.45) is 0 Å². The van der Waals surface area contributed by atoms with E-state index in [-0.39, 0.29) is 5.82 Å². The molecule has 0 bridgehead atoms. The van der Waals surface area contributed by atoms with E-state index in [1.807, 2.05) is 6.92 Å². The number of fused-ring (bicyclic) bond motifs is 1. The Balaban J connectivity index is 2.88. The minimum atomic E-state index is -0.237. The highest BCUT2D eigenvalue weighted by atomic mass is 19.1. The van der Waals surface area contributed by atoms with Crippen molar-refractivity contribution in [3.8, 4) is 0 Å². The predicted octanol–water partition coefficient (Wildman–Crippen LogP) is 2.08. The molecule has 0 N–H and O–H groups in total. The van der Waals surface area contributed by atoms with Gasteiger partial charge in [-0.05, 0) is 30.7 Å². The Morgan fingerprint density at radius 1 is 1.33 bits per heavy atom. The first kappa shape index (κ1) is 7.16. The highest BCUT2D eigenvalue weighted by Gasteiger charge is 1.99. The number of rotatable bonds is 0. The maximum atomic E-state index is 12.8. The summed E-state index contributed by atoms with van der Waals surface area (Å²) in [6, 6.07) is 4.49. The van der Waals surface area contributed by atoms with E-state index >= 15 is 0 Å². The van der Waals surface area contributed by atoms with Crippen LogP contribution in [0.4, 0.5) is 4.39 Å². The topological polar surface area (TPSA) is 25.8 Å². The molecule has 0 amide bonds. The maximum absolute atomic E-state index is 12.8. The Labute approximate surface area is 69.1 Å². The average Bonchev–Trinajstić information content (AvgIpc) is 2.07. The normalized spacial score (nSPS) is 10.5. The first-order valence-electron chi connectivity index (χ1n) is 3.65. The van der Waals surface area contributed by atoms with Gasteiger partial charge in [-0.25, -0.2) is 4.39 Å². The number of hydrogen-bond donors (Lipinski definition) is 0. The van der Waals surface area contributed by atoms with Gasteiger partial charge in [0.2, 0.25) is 0 Å². The monoisotopic (exact) mass is 162 g/mol. The lowest BCUT2D eigenvalue weighted by Crippen LogP contribution is -1.87. The molecule has 0 saturated heterocycles. The lowest BCUT2D eigenvalue weighted by atomic mass is 10.1. The summed E-state index contributed by atoms with van der Waals surface area (Å²) in [4.78, 5) is 0. The van der Waals surface area contributed by atoms with Crippen molar-refractivity contribution in [3.63, 3.8) is 0 Å². The van der Waals surface area contributed by atoms with E-state index < -0.39 is 0 Å². The van der Waals surface area contributed by atoms with Gasteiger partial charge in [0.15, 0.2) is 0 Å². The lowest BCUT2D eigenvalue weighted by molar-refractivity contribution is 0.629. The fourth-order valence-electron chi connectivity index (χ4n) is 1.16. The van der Waals surface area contributed by atoms with Crippen LogP contribution in [0.5, 0.6) is 0 Å². The van der Waals surface area contributed by atoms with E-state index in [0.717, 1.165) is 16.5 Å². The third kappa shape index (κ3) is 1.03. The summed E-state index contributed by atoms with van der Waals surface area (Å²) in [5, 5.41) is 8.46. The minimum absolute atomic E-state index is 0.237. The molecular formula is C9H7FN2. The zero-order chi connectivity index (χ0) is 8.55. The fourth-order valence-corrected chi connectivity index (χ4v) is 1.16. The molecule has 60 valence electrons. The summed E-state index contributed by atoms with van der Waals surface area (Å²) in [5.41, 5.74) is 1.68. The number of hydrogen-bond acceptors (Lipinski definition) is 2. The van der Waals surface area contributed by atoms with Gasteiger partial charge in [-0.15, -0.1) is 0 Å². The van der Waals surface area contributed by atoms with E-state index in [0.29, 0.717) is 0 Å². The van der Waals surface area contributed by atoms with Crippen LogP contribution >= 0.6 is 0 Å². The van der Waals surface area contributed by atoms with Crippen molar-refractivity contribution in [2.45, 2.75) is 6.92 Å². The Morgan fingerprint density at radius 2 is 2.17 bits per heavy atom. The molecular weight excluding hydrogens is 155 g/mol. The number of aryl methyl sites for hydroxylation is 1. The molecule has 12 heavy (non-hydrogen) atoms. The quantitative estimate of drug-likeness (QED) is 0.592. The molecule has 0 radical (unpaired) electrons. The third-order valence-electron chi connectivity index (χ3n) is 1.80. The van der Waals surface area contributed by atoms with Crippen molar-refractivity contribution >= 4 is 10.9 Å². The molecule has 0 atom stereocenters. The van der Waals surface area contributed by atoms with Gasteiger partial charge >= 0.3 is 0 Å². The zero-order valence-electron chi connectivity index (χ0n) is 6.58. The van der Waals surface area contributed by atoms with Gasteiger partial charge in [0.05, 0.1) is 11.7 Å². The Hall–Kier alpha value is -1.51. The number of halogens is 1. The van der Waals surface area contributed by atoms with Gasteiger partial charge < -0.3 is 0 Å². The molecule has 2 rings (SSSR count). The van der Waals surface area contributed by atoms with Gasteiger partial charge in [-0.3, -0.25) is 0 Å². The smallest absolute Gasteiger partial charge is 0.123 e. The van der Waals surface area contributed by atoms with Crippen LogP contribution in [0, 0.1) is 12.7 Å². The van der Waals surface area contributed by atoms with Crippen LogP contribution in [0.3, 0.4) is 0 Å². The van der Waals surface area contributed by atoms with E-state index in [9.17, 15) is 4.39 Å². The molecule has 2 aromatic rings. The van der Waals surface area contributed by atoms with Crippen LogP contribution in [-0.2, 0) is 0 Å². The summed E-state index contributed by atoms with van der Waals surface area (Å²) in [7, 11) is 0. The minimum Gasteiger partial charge on any atom is -0.207 e. The first-order valence-corrected chi connectivity index (χ1v) is 3.65. The zero-order valence-corrected chi connectivity index (χ0v) is 6.58. The summed E-state index contributed by atoms with van der Waals surface area (Å²) in [6.07, 6.45) is 1.63. The standard InChI is InChI=1S/C9H7FN2/c1-6-5-11-12-9-3-2-7(10)4-8(6)9/h2-5H,1H3. The molecule has 0 saturated carbocycles.